The van der Waals surface area contributed by atoms with Crippen molar-refractivity contribution in [1.29, 1.82) is 0 Å². The topological polar surface area (TPSA) is 57.5 Å². The molecule has 3 aromatic rings. The van der Waals surface area contributed by atoms with Gasteiger partial charge in [0.1, 0.15) is 11.9 Å². The number of aromatic hydroxyl groups is 1. The first-order valence-corrected chi connectivity index (χ1v) is 8.78. The molecule has 2 atom stereocenters. The van der Waals surface area contributed by atoms with E-state index in [1.165, 1.54) is 5.56 Å². The van der Waals surface area contributed by atoms with E-state index in [0.717, 1.165) is 28.8 Å². The molecule has 4 rings (SSSR count). The summed E-state index contributed by atoms with van der Waals surface area (Å²) in [4.78, 5) is 9.17. The molecule has 4 nitrogen and oxygen atoms in total. The zero-order valence-electron chi connectivity index (χ0n) is 14.6. The number of aryl methyl sites for hydroxylation is 1. The summed E-state index contributed by atoms with van der Waals surface area (Å²) in [7, 11) is 0. The lowest BCUT2D eigenvalue weighted by Gasteiger charge is -2.30. The summed E-state index contributed by atoms with van der Waals surface area (Å²) in [5, 5.41) is 13.9. The van der Waals surface area contributed by atoms with Gasteiger partial charge < -0.3 is 5.11 Å². The van der Waals surface area contributed by atoms with Crippen molar-refractivity contribution in [3.05, 3.63) is 95.3 Å². The molecule has 1 aliphatic heterocycles. The molecular formula is C22H21N3O. The number of nitrogens with zero attached hydrogens (tertiary/aromatic N) is 2. The molecule has 0 bridgehead atoms. The molecule has 0 spiro atoms. The van der Waals surface area contributed by atoms with Crippen LogP contribution in [0, 0.1) is 6.92 Å². The fourth-order valence-electron chi connectivity index (χ4n) is 3.32. The highest BCUT2D eigenvalue weighted by molar-refractivity contribution is 6.01. The van der Waals surface area contributed by atoms with Crippen LogP contribution in [0.5, 0.6) is 5.75 Å². The lowest BCUT2D eigenvalue weighted by molar-refractivity contribution is 0.412. The predicted molar refractivity (Wildman–Crippen MR) is 103 cm³/mol. The molecule has 1 aromatic heterocycles. The van der Waals surface area contributed by atoms with Crippen molar-refractivity contribution in [2.24, 2.45) is 4.99 Å². The molecule has 0 fully saturated rings. The van der Waals surface area contributed by atoms with Crippen LogP contribution >= 0.6 is 0 Å². The molecular weight excluding hydrogens is 322 g/mol. The number of phenols is 1. The summed E-state index contributed by atoms with van der Waals surface area (Å²) in [6.07, 6.45) is 4.12. The van der Waals surface area contributed by atoms with Crippen LogP contribution in [0.2, 0.25) is 0 Å². The number of phenolic OH excluding ortho intramolecular Hbond substituents is 1. The SMILES string of the molecule is Cc1ccc(C2=N[C@H](c3cccnc3)N[C@@H](c3ccccc3O)C2)cc1. The van der Waals surface area contributed by atoms with E-state index < -0.39 is 0 Å². The van der Waals surface area contributed by atoms with Crippen LogP contribution in [-0.4, -0.2) is 15.8 Å². The number of nitrogens with one attached hydrogen (secondary N) is 1. The number of rotatable bonds is 3. The maximum Gasteiger partial charge on any atom is 0.127 e. The first-order chi connectivity index (χ1) is 12.7. The number of hydrogen-bond acceptors (Lipinski definition) is 4. The predicted octanol–water partition coefficient (Wildman–Crippen LogP) is 4.32. The van der Waals surface area contributed by atoms with Gasteiger partial charge in [0.25, 0.3) is 0 Å². The summed E-state index contributed by atoms with van der Waals surface area (Å²) < 4.78 is 0. The van der Waals surface area contributed by atoms with Crippen LogP contribution in [0.1, 0.15) is 40.9 Å². The monoisotopic (exact) mass is 343 g/mol. The van der Waals surface area contributed by atoms with E-state index >= 15 is 0 Å². The van der Waals surface area contributed by atoms with Gasteiger partial charge >= 0.3 is 0 Å². The second kappa shape index (κ2) is 7.10. The number of aromatic nitrogens is 1. The first-order valence-electron chi connectivity index (χ1n) is 8.78. The standard InChI is InChI=1S/C22H21N3O/c1-15-8-10-16(11-9-15)19-13-20(18-6-2-3-7-21(18)26)25-22(24-19)17-5-4-12-23-14-17/h2-12,14,20,22,25-26H,13H2,1H3/t20-,22+/m1/s1. The van der Waals surface area contributed by atoms with Gasteiger partial charge in [-0.2, -0.15) is 0 Å². The highest BCUT2D eigenvalue weighted by atomic mass is 16.3. The molecule has 26 heavy (non-hydrogen) atoms. The normalized spacial score (nSPS) is 19.8. The molecule has 0 radical (unpaired) electrons. The molecule has 130 valence electrons. The zero-order chi connectivity index (χ0) is 17.9. The Morgan fingerprint density at radius 2 is 1.81 bits per heavy atom. The van der Waals surface area contributed by atoms with Gasteiger partial charge in [0.15, 0.2) is 0 Å². The van der Waals surface area contributed by atoms with Gasteiger partial charge in [0.2, 0.25) is 0 Å². The number of benzene rings is 2. The Labute approximate surface area is 153 Å². The average molecular weight is 343 g/mol. The van der Waals surface area contributed by atoms with Gasteiger partial charge in [0, 0.05) is 41.7 Å². The fraction of sp³-hybridized carbons (Fsp3) is 0.182. The molecule has 2 heterocycles. The summed E-state index contributed by atoms with van der Waals surface area (Å²) >= 11 is 0. The van der Waals surface area contributed by atoms with E-state index in [4.69, 9.17) is 4.99 Å². The highest BCUT2D eigenvalue weighted by Gasteiger charge is 2.27. The summed E-state index contributed by atoms with van der Waals surface area (Å²) in [6, 6.07) is 19.8. The molecule has 4 heteroatoms. The molecule has 1 aliphatic rings. The Balaban J connectivity index is 1.75. The Bertz CT molecular complexity index is 920. The Kier molecular flexibility index (Phi) is 4.50. The lowest BCUT2D eigenvalue weighted by Crippen LogP contribution is -2.33. The van der Waals surface area contributed by atoms with Crippen molar-refractivity contribution in [2.75, 3.05) is 0 Å². The molecule has 0 aliphatic carbocycles. The van der Waals surface area contributed by atoms with Gasteiger partial charge in [-0.15, -0.1) is 0 Å². The Morgan fingerprint density at radius 1 is 1.00 bits per heavy atom. The van der Waals surface area contributed by atoms with Crippen molar-refractivity contribution in [3.8, 4) is 5.75 Å². The molecule has 0 amide bonds. The van der Waals surface area contributed by atoms with E-state index in [1.807, 2.05) is 36.5 Å². The van der Waals surface area contributed by atoms with Gasteiger partial charge in [-0.25, -0.2) is 0 Å². The molecule has 0 saturated carbocycles. The maximum atomic E-state index is 10.3. The zero-order valence-corrected chi connectivity index (χ0v) is 14.6. The largest absolute Gasteiger partial charge is 0.508 e. The van der Waals surface area contributed by atoms with E-state index in [9.17, 15) is 5.11 Å². The van der Waals surface area contributed by atoms with Crippen molar-refractivity contribution >= 4 is 5.71 Å². The highest BCUT2D eigenvalue weighted by Crippen LogP contribution is 2.34. The van der Waals surface area contributed by atoms with E-state index in [1.54, 1.807) is 12.3 Å². The summed E-state index contributed by atoms with van der Waals surface area (Å²) in [6.45, 7) is 2.08. The Hall–Kier alpha value is -2.98. The van der Waals surface area contributed by atoms with Gasteiger partial charge in [0.05, 0.1) is 0 Å². The smallest absolute Gasteiger partial charge is 0.127 e. The third-order valence-corrected chi connectivity index (χ3v) is 4.74. The van der Waals surface area contributed by atoms with Crippen molar-refractivity contribution in [3.63, 3.8) is 0 Å². The number of aliphatic imine (C=N–C) groups is 1. The van der Waals surface area contributed by atoms with Crippen LogP contribution in [0.4, 0.5) is 0 Å². The van der Waals surface area contributed by atoms with E-state index in [0.29, 0.717) is 5.75 Å². The van der Waals surface area contributed by atoms with Crippen LogP contribution in [0.15, 0.2) is 78.0 Å². The van der Waals surface area contributed by atoms with Crippen LogP contribution in [-0.2, 0) is 0 Å². The average Bonchev–Trinajstić information content (AvgIpc) is 2.69. The third kappa shape index (κ3) is 3.37. The van der Waals surface area contributed by atoms with E-state index in [-0.39, 0.29) is 12.2 Å². The number of para-hydroxylation sites is 1. The molecule has 0 unspecified atom stereocenters. The minimum absolute atomic E-state index is 0.0183. The quantitative estimate of drug-likeness (QED) is 0.745. The van der Waals surface area contributed by atoms with Gasteiger partial charge in [-0.1, -0.05) is 54.1 Å². The van der Waals surface area contributed by atoms with Crippen LogP contribution in [0.3, 0.4) is 0 Å². The molecule has 0 saturated heterocycles. The minimum atomic E-state index is -0.196. The summed E-state index contributed by atoms with van der Waals surface area (Å²) in [5.41, 5.74) is 5.28. The minimum Gasteiger partial charge on any atom is -0.508 e. The lowest BCUT2D eigenvalue weighted by atomic mass is 9.93. The van der Waals surface area contributed by atoms with Crippen molar-refractivity contribution in [2.45, 2.75) is 25.6 Å². The first kappa shape index (κ1) is 16.5. The number of hydrogen-bond donors (Lipinski definition) is 2. The maximum absolute atomic E-state index is 10.3. The number of pyridine rings is 1. The van der Waals surface area contributed by atoms with Crippen LogP contribution < -0.4 is 5.32 Å². The van der Waals surface area contributed by atoms with Crippen LogP contribution in [0.25, 0.3) is 0 Å². The molecule has 2 N–H and O–H groups in total. The second-order valence-electron chi connectivity index (χ2n) is 6.61. The Morgan fingerprint density at radius 3 is 2.54 bits per heavy atom. The van der Waals surface area contributed by atoms with Crippen molar-refractivity contribution < 1.29 is 5.11 Å². The third-order valence-electron chi connectivity index (χ3n) is 4.74. The van der Waals surface area contributed by atoms with Crippen molar-refractivity contribution in [1.82, 2.24) is 10.3 Å². The fourth-order valence-corrected chi connectivity index (χ4v) is 3.32. The van der Waals surface area contributed by atoms with Gasteiger partial charge in [-0.05, 0) is 24.6 Å². The second-order valence-corrected chi connectivity index (χ2v) is 6.61. The van der Waals surface area contributed by atoms with Gasteiger partial charge in [-0.3, -0.25) is 15.3 Å². The molecule has 2 aromatic carbocycles. The van der Waals surface area contributed by atoms with E-state index in [2.05, 4.69) is 41.5 Å². The summed E-state index contributed by atoms with van der Waals surface area (Å²) in [5.74, 6) is 0.306.